The first-order chi connectivity index (χ1) is 5.95. The highest BCUT2D eigenvalue weighted by Crippen LogP contribution is 1.98. The molecule has 0 heterocycles. The number of carbonyl (C=O) groups is 1. The number of carboxylic acids is 1. The molecule has 0 aliphatic heterocycles. The highest BCUT2D eigenvalue weighted by atomic mass is 19.2. The van der Waals surface area contributed by atoms with Crippen LogP contribution in [0.15, 0.2) is 0 Å². The number of rotatable bonds is 5. The molecule has 0 bridgehead atoms. The van der Waals surface area contributed by atoms with Crippen molar-refractivity contribution in [3.8, 4) is 0 Å². The van der Waals surface area contributed by atoms with Gasteiger partial charge in [0.25, 0.3) is 0 Å². The second-order valence-electron chi connectivity index (χ2n) is 2.56. The van der Waals surface area contributed by atoms with Crippen LogP contribution in [0.1, 0.15) is 12.8 Å². The molecule has 0 rings (SSSR count). The van der Waals surface area contributed by atoms with Gasteiger partial charge in [0, 0.05) is 0 Å². The maximum atomic E-state index is 12.5. The van der Waals surface area contributed by atoms with E-state index in [1.807, 2.05) is 0 Å². The molecule has 0 amide bonds. The quantitative estimate of drug-likeness (QED) is 0.260. The number of hydrogen-bond acceptors (Lipinski definition) is 3. The highest BCUT2D eigenvalue weighted by molar-refractivity contribution is 5.73. The van der Waals surface area contributed by atoms with Crippen molar-refractivity contribution in [2.24, 2.45) is 11.5 Å². The van der Waals surface area contributed by atoms with Crippen LogP contribution in [0.2, 0.25) is 0 Å². The van der Waals surface area contributed by atoms with Gasteiger partial charge < -0.3 is 16.6 Å². The van der Waals surface area contributed by atoms with Crippen molar-refractivity contribution in [3.63, 3.8) is 0 Å². The Balaban J connectivity index is 3.56. The third-order valence-corrected chi connectivity index (χ3v) is 1.45. The molecule has 6 N–H and O–H groups in total. The summed E-state index contributed by atoms with van der Waals surface area (Å²) in [6.07, 6.45) is 0.395. The Morgan fingerprint density at radius 1 is 1.69 bits per heavy atom. The monoisotopic (exact) mass is 192 g/mol. The number of guanidine groups is 1. The lowest BCUT2D eigenvalue weighted by molar-refractivity contribution is -0.138. The van der Waals surface area contributed by atoms with Crippen molar-refractivity contribution in [2.45, 2.75) is 18.9 Å². The van der Waals surface area contributed by atoms with E-state index in [-0.39, 0.29) is 24.5 Å². The molecule has 0 aromatic carbocycles. The second kappa shape index (κ2) is 5.31. The van der Waals surface area contributed by atoms with E-state index < -0.39 is 18.0 Å². The molecule has 6 nitrogen and oxygen atoms in total. The van der Waals surface area contributed by atoms with Crippen LogP contribution in [-0.4, -0.2) is 34.7 Å². The van der Waals surface area contributed by atoms with E-state index in [0.717, 1.165) is 0 Å². The molecule has 0 saturated carbocycles. The van der Waals surface area contributed by atoms with Crippen LogP contribution in [0.25, 0.3) is 0 Å². The smallest absolute Gasteiger partial charge is 0.320 e. The van der Waals surface area contributed by atoms with E-state index in [1.54, 1.807) is 0 Å². The minimum atomic E-state index is -1.12. The van der Waals surface area contributed by atoms with E-state index in [0.29, 0.717) is 0 Å². The van der Waals surface area contributed by atoms with E-state index >= 15 is 0 Å². The van der Waals surface area contributed by atoms with Crippen molar-refractivity contribution >= 4 is 11.9 Å². The maximum Gasteiger partial charge on any atom is 0.320 e. The van der Waals surface area contributed by atoms with E-state index in [9.17, 15) is 9.28 Å². The lowest BCUT2D eigenvalue weighted by Gasteiger charge is -2.11. The third kappa shape index (κ3) is 4.96. The van der Waals surface area contributed by atoms with Crippen LogP contribution < -0.4 is 11.5 Å². The Kier molecular flexibility index (Phi) is 4.75. The van der Waals surface area contributed by atoms with Gasteiger partial charge >= 0.3 is 5.97 Å². The van der Waals surface area contributed by atoms with Crippen LogP contribution in [0.5, 0.6) is 0 Å². The van der Waals surface area contributed by atoms with Crippen molar-refractivity contribution in [1.82, 2.24) is 5.12 Å². The summed E-state index contributed by atoms with van der Waals surface area (Å²) in [4.78, 5) is 10.2. The normalized spacial score (nSPS) is 12.2. The van der Waals surface area contributed by atoms with Crippen LogP contribution in [0.3, 0.4) is 0 Å². The van der Waals surface area contributed by atoms with Crippen LogP contribution in [-0.2, 0) is 4.79 Å². The zero-order chi connectivity index (χ0) is 10.4. The zero-order valence-electron chi connectivity index (χ0n) is 7.03. The molecule has 0 spiro atoms. The summed E-state index contributed by atoms with van der Waals surface area (Å²) in [5.74, 6) is -1.81. The summed E-state index contributed by atoms with van der Waals surface area (Å²) >= 11 is 0. The molecular weight excluding hydrogens is 179 g/mol. The molecule has 0 fully saturated rings. The SMILES string of the molecule is N=C(N)N(F)CCCC(N)C(=O)O. The van der Waals surface area contributed by atoms with Crippen molar-refractivity contribution in [3.05, 3.63) is 0 Å². The first kappa shape index (κ1) is 11.6. The number of nitrogens with one attached hydrogen (secondary N) is 1. The fourth-order valence-corrected chi connectivity index (χ4v) is 0.694. The number of nitrogens with zero attached hydrogens (tertiary/aromatic N) is 1. The Hall–Kier alpha value is -1.37. The average Bonchev–Trinajstić information content (AvgIpc) is 2.03. The first-order valence-corrected chi connectivity index (χ1v) is 3.71. The van der Waals surface area contributed by atoms with Crippen molar-refractivity contribution < 1.29 is 14.4 Å². The molecule has 0 aliphatic rings. The molecule has 7 heteroatoms. The lowest BCUT2D eigenvalue weighted by atomic mass is 10.2. The number of hydrogen-bond donors (Lipinski definition) is 4. The number of nitrogens with two attached hydrogens (primary N) is 2. The zero-order valence-corrected chi connectivity index (χ0v) is 7.03. The minimum Gasteiger partial charge on any atom is -0.480 e. The largest absolute Gasteiger partial charge is 0.480 e. The molecule has 0 aromatic heterocycles. The summed E-state index contributed by atoms with van der Waals surface area (Å²) in [6.45, 7) is -0.115. The van der Waals surface area contributed by atoms with Crippen LogP contribution >= 0.6 is 0 Å². The molecule has 0 saturated heterocycles. The molecule has 0 aromatic rings. The highest BCUT2D eigenvalue weighted by Gasteiger charge is 2.12. The molecule has 0 aliphatic carbocycles. The topological polar surface area (TPSA) is 116 Å². The predicted octanol–water partition coefficient (Wildman–Crippen LogP) is -0.742. The van der Waals surface area contributed by atoms with Crippen LogP contribution in [0, 0.1) is 5.41 Å². The Bertz CT molecular complexity index is 179. The van der Waals surface area contributed by atoms with E-state index in [2.05, 4.69) is 0 Å². The lowest BCUT2D eigenvalue weighted by Crippen LogP contribution is -2.33. The van der Waals surface area contributed by atoms with Gasteiger partial charge in [-0.25, -0.2) is 0 Å². The molecule has 1 atom stereocenters. The standard InChI is InChI=1S/C6H13FN4O2/c7-11(6(9)10)3-1-2-4(8)5(12)13/h4H,1-3,8H2,(H3,9,10)(H,12,13). The fourth-order valence-electron chi connectivity index (χ4n) is 0.694. The number of halogens is 1. The number of aliphatic carboxylic acids is 1. The van der Waals surface area contributed by atoms with Gasteiger partial charge in [0.15, 0.2) is 0 Å². The van der Waals surface area contributed by atoms with Gasteiger partial charge in [-0.2, -0.15) is 5.12 Å². The minimum absolute atomic E-state index is 0.0363. The first-order valence-electron chi connectivity index (χ1n) is 3.71. The second-order valence-corrected chi connectivity index (χ2v) is 2.56. The molecular formula is C6H13FN4O2. The van der Waals surface area contributed by atoms with Gasteiger partial charge in [0.05, 0.1) is 6.54 Å². The average molecular weight is 192 g/mol. The summed E-state index contributed by atoms with van der Waals surface area (Å²) < 4.78 is 12.5. The van der Waals surface area contributed by atoms with Gasteiger partial charge in [-0.1, -0.05) is 4.48 Å². The van der Waals surface area contributed by atoms with Gasteiger partial charge in [-0.3, -0.25) is 10.2 Å². The Morgan fingerprint density at radius 3 is 2.62 bits per heavy atom. The molecule has 76 valence electrons. The summed E-state index contributed by atoms with van der Waals surface area (Å²) in [7, 11) is 0. The predicted molar refractivity (Wildman–Crippen MR) is 44.6 cm³/mol. The molecule has 1 unspecified atom stereocenters. The van der Waals surface area contributed by atoms with E-state index in [1.165, 1.54) is 0 Å². The Labute approximate surface area is 74.7 Å². The van der Waals surface area contributed by atoms with E-state index in [4.69, 9.17) is 22.0 Å². The van der Waals surface area contributed by atoms with Gasteiger partial charge in [0.2, 0.25) is 5.96 Å². The van der Waals surface area contributed by atoms with Crippen molar-refractivity contribution in [2.75, 3.05) is 6.54 Å². The Morgan fingerprint density at radius 2 is 2.23 bits per heavy atom. The summed E-state index contributed by atoms with van der Waals surface area (Å²) in [6, 6.07) is -0.986. The third-order valence-electron chi connectivity index (χ3n) is 1.45. The van der Waals surface area contributed by atoms with Crippen LogP contribution in [0.4, 0.5) is 4.48 Å². The van der Waals surface area contributed by atoms with Crippen molar-refractivity contribution in [1.29, 1.82) is 5.41 Å². The maximum absolute atomic E-state index is 12.5. The summed E-state index contributed by atoms with van der Waals surface area (Å²) in [5.41, 5.74) is 9.95. The summed E-state index contributed by atoms with van der Waals surface area (Å²) in [5, 5.41) is 15.0. The van der Waals surface area contributed by atoms with Gasteiger partial charge in [-0.15, -0.1) is 0 Å². The molecule has 13 heavy (non-hydrogen) atoms. The number of carboxylic acid groups (broad SMARTS) is 1. The van der Waals surface area contributed by atoms with Gasteiger partial charge in [0.1, 0.15) is 6.04 Å². The molecule has 0 radical (unpaired) electrons. The fraction of sp³-hybridized carbons (Fsp3) is 0.667. The van der Waals surface area contributed by atoms with Gasteiger partial charge in [-0.05, 0) is 12.8 Å².